The van der Waals surface area contributed by atoms with Crippen molar-refractivity contribution >= 4 is 34.3 Å². The van der Waals surface area contributed by atoms with Gasteiger partial charge < -0.3 is 9.73 Å². The molecular weight excluding hydrogens is 319 g/mol. The summed E-state index contributed by atoms with van der Waals surface area (Å²) in [5.74, 6) is 1.02. The topological polar surface area (TPSA) is 55.1 Å². The van der Waals surface area contributed by atoms with Crippen molar-refractivity contribution < 1.29 is 9.21 Å². The maximum atomic E-state index is 11.7. The Balaban J connectivity index is 2.10. The molecule has 1 N–H and O–H groups in total. The summed E-state index contributed by atoms with van der Waals surface area (Å²) in [6.45, 7) is 1.79. The number of nitrogens with zero attached hydrogens (tertiary/aromatic N) is 1. The Morgan fingerprint density at radius 1 is 1.50 bits per heavy atom. The molecule has 1 amide bonds. The first-order chi connectivity index (χ1) is 7.65. The molecule has 0 saturated heterocycles. The third-order valence-electron chi connectivity index (χ3n) is 1.96. The largest absolute Gasteiger partial charge is 0.469 e. The van der Waals surface area contributed by atoms with Gasteiger partial charge in [0.15, 0.2) is 0 Å². The van der Waals surface area contributed by atoms with Gasteiger partial charge in [-0.1, -0.05) is 0 Å². The van der Waals surface area contributed by atoms with E-state index in [9.17, 15) is 4.79 Å². The second-order valence-electron chi connectivity index (χ2n) is 3.26. The van der Waals surface area contributed by atoms with Crippen LogP contribution < -0.4 is 5.32 Å². The van der Waals surface area contributed by atoms with Gasteiger partial charge in [-0.05, 0) is 47.7 Å². The molecule has 0 atom stereocenters. The molecule has 5 heteroatoms. The highest BCUT2D eigenvalue weighted by atomic mass is 127. The molecule has 0 saturated carbocycles. The Morgan fingerprint density at radius 3 is 2.88 bits per heavy atom. The summed E-state index contributed by atoms with van der Waals surface area (Å²) in [4.78, 5) is 15.8. The van der Waals surface area contributed by atoms with Crippen molar-refractivity contribution in [3.63, 3.8) is 0 Å². The minimum Gasteiger partial charge on any atom is -0.469 e. The number of halogens is 1. The van der Waals surface area contributed by atoms with Gasteiger partial charge in [0, 0.05) is 9.77 Å². The highest BCUT2D eigenvalue weighted by Crippen LogP contribution is 2.11. The van der Waals surface area contributed by atoms with E-state index in [1.807, 2.05) is 6.07 Å². The van der Waals surface area contributed by atoms with Gasteiger partial charge in [-0.15, -0.1) is 0 Å². The lowest BCUT2D eigenvalue weighted by Gasteiger charge is -2.01. The molecule has 0 radical (unpaired) electrons. The van der Waals surface area contributed by atoms with Crippen LogP contribution in [0, 0.1) is 10.5 Å². The summed E-state index contributed by atoms with van der Waals surface area (Å²) in [7, 11) is 0. The van der Waals surface area contributed by atoms with Crippen molar-refractivity contribution in [2.45, 2.75) is 6.92 Å². The number of anilines is 1. The van der Waals surface area contributed by atoms with E-state index in [1.165, 1.54) is 6.26 Å². The number of pyridine rings is 1. The molecule has 2 rings (SSSR count). The highest BCUT2D eigenvalue weighted by Gasteiger charge is 2.09. The number of hydrogen-bond acceptors (Lipinski definition) is 3. The molecule has 0 aromatic carbocycles. The number of amides is 1. The van der Waals surface area contributed by atoms with Gasteiger partial charge in [0.2, 0.25) is 0 Å². The van der Waals surface area contributed by atoms with Gasteiger partial charge in [0.1, 0.15) is 17.8 Å². The lowest BCUT2D eigenvalue weighted by Crippen LogP contribution is -2.11. The van der Waals surface area contributed by atoms with Crippen molar-refractivity contribution in [3.05, 3.63) is 45.6 Å². The Labute approximate surface area is 106 Å². The van der Waals surface area contributed by atoms with Crippen LogP contribution in [-0.4, -0.2) is 10.9 Å². The molecule has 2 heterocycles. The van der Waals surface area contributed by atoms with Crippen LogP contribution in [0.25, 0.3) is 0 Å². The number of aromatic nitrogens is 1. The fourth-order valence-electron chi connectivity index (χ4n) is 1.20. The SMILES string of the molecule is Cc1cc(C(=O)Nc2ccc(I)cn2)co1. The fourth-order valence-corrected chi connectivity index (χ4v) is 1.52. The van der Waals surface area contributed by atoms with E-state index in [0.29, 0.717) is 17.1 Å². The second-order valence-corrected chi connectivity index (χ2v) is 4.51. The quantitative estimate of drug-likeness (QED) is 0.863. The van der Waals surface area contributed by atoms with Crippen molar-refractivity contribution in [3.8, 4) is 0 Å². The van der Waals surface area contributed by atoms with E-state index >= 15 is 0 Å². The zero-order valence-corrected chi connectivity index (χ0v) is 10.7. The lowest BCUT2D eigenvalue weighted by atomic mass is 10.3. The minimum absolute atomic E-state index is 0.217. The Bertz CT molecular complexity index is 505. The molecule has 82 valence electrons. The molecule has 2 aromatic rings. The predicted molar refractivity (Wildman–Crippen MR) is 68.4 cm³/mol. The molecule has 4 nitrogen and oxygen atoms in total. The Morgan fingerprint density at radius 2 is 2.31 bits per heavy atom. The molecule has 0 fully saturated rings. The number of carbonyl (C=O) groups is 1. The van der Waals surface area contributed by atoms with Crippen molar-refractivity contribution in [2.75, 3.05) is 5.32 Å². The van der Waals surface area contributed by atoms with Gasteiger partial charge in [0.05, 0.1) is 5.56 Å². The van der Waals surface area contributed by atoms with Crippen molar-refractivity contribution in [2.24, 2.45) is 0 Å². The monoisotopic (exact) mass is 328 g/mol. The standard InChI is InChI=1S/C11H9IN2O2/c1-7-4-8(6-16-7)11(15)14-10-3-2-9(12)5-13-10/h2-6H,1H3,(H,13,14,15). The van der Waals surface area contributed by atoms with Crippen LogP contribution in [-0.2, 0) is 0 Å². The summed E-state index contributed by atoms with van der Waals surface area (Å²) >= 11 is 2.15. The zero-order chi connectivity index (χ0) is 11.5. The third kappa shape index (κ3) is 2.60. The summed E-state index contributed by atoms with van der Waals surface area (Å²) in [5, 5.41) is 2.69. The predicted octanol–water partition coefficient (Wildman–Crippen LogP) is 2.84. The van der Waals surface area contributed by atoms with Crippen LogP contribution in [0.2, 0.25) is 0 Å². The second kappa shape index (κ2) is 4.65. The number of rotatable bonds is 2. The first-order valence-corrected chi connectivity index (χ1v) is 5.71. The van der Waals surface area contributed by atoms with E-state index in [-0.39, 0.29) is 5.91 Å². The molecule has 0 unspecified atom stereocenters. The Kier molecular flexibility index (Phi) is 3.23. The van der Waals surface area contributed by atoms with Crippen LogP contribution >= 0.6 is 22.6 Å². The van der Waals surface area contributed by atoms with E-state index < -0.39 is 0 Å². The molecule has 0 aliphatic heterocycles. The number of carbonyl (C=O) groups excluding carboxylic acids is 1. The molecule has 0 bridgehead atoms. The number of hydrogen-bond donors (Lipinski definition) is 1. The van der Waals surface area contributed by atoms with Crippen LogP contribution in [0.15, 0.2) is 35.1 Å². The van der Waals surface area contributed by atoms with Gasteiger partial charge in [-0.2, -0.15) is 0 Å². The van der Waals surface area contributed by atoms with Gasteiger partial charge in [0.25, 0.3) is 5.91 Å². The van der Waals surface area contributed by atoms with Crippen molar-refractivity contribution in [1.82, 2.24) is 4.98 Å². The molecule has 0 aliphatic carbocycles. The summed E-state index contributed by atoms with van der Waals surface area (Å²) in [6.07, 6.45) is 3.12. The highest BCUT2D eigenvalue weighted by molar-refractivity contribution is 14.1. The first kappa shape index (κ1) is 11.1. The summed E-state index contributed by atoms with van der Waals surface area (Å²) in [5.41, 5.74) is 0.498. The van der Waals surface area contributed by atoms with Crippen LogP contribution in [0.4, 0.5) is 5.82 Å². The summed E-state index contributed by atoms with van der Waals surface area (Å²) < 4.78 is 6.08. The van der Waals surface area contributed by atoms with Crippen molar-refractivity contribution in [1.29, 1.82) is 0 Å². The van der Waals surface area contributed by atoms with Gasteiger partial charge >= 0.3 is 0 Å². The number of nitrogens with one attached hydrogen (secondary N) is 1. The van der Waals surface area contributed by atoms with E-state index in [0.717, 1.165) is 3.57 Å². The molecule has 2 aromatic heterocycles. The van der Waals surface area contributed by atoms with Crippen LogP contribution in [0.1, 0.15) is 16.1 Å². The molecule has 0 aliphatic rings. The maximum Gasteiger partial charge on any atom is 0.260 e. The minimum atomic E-state index is -0.217. The van der Waals surface area contributed by atoms with Crippen LogP contribution in [0.3, 0.4) is 0 Å². The zero-order valence-electron chi connectivity index (χ0n) is 8.53. The number of furan rings is 1. The Hall–Kier alpha value is -1.37. The van der Waals surface area contributed by atoms with E-state index in [2.05, 4.69) is 32.9 Å². The molecule has 16 heavy (non-hydrogen) atoms. The third-order valence-corrected chi connectivity index (χ3v) is 2.60. The van der Waals surface area contributed by atoms with Gasteiger partial charge in [-0.3, -0.25) is 4.79 Å². The van der Waals surface area contributed by atoms with E-state index in [4.69, 9.17) is 4.42 Å². The molecule has 0 spiro atoms. The smallest absolute Gasteiger partial charge is 0.260 e. The summed E-state index contributed by atoms with van der Waals surface area (Å²) in [6, 6.07) is 5.32. The normalized spacial score (nSPS) is 10.1. The van der Waals surface area contributed by atoms with E-state index in [1.54, 1.807) is 25.3 Å². The van der Waals surface area contributed by atoms with Gasteiger partial charge in [-0.25, -0.2) is 4.98 Å². The average Bonchev–Trinajstić information content (AvgIpc) is 2.68. The van der Waals surface area contributed by atoms with Crippen LogP contribution in [0.5, 0.6) is 0 Å². The first-order valence-electron chi connectivity index (χ1n) is 4.63. The number of aryl methyl sites for hydroxylation is 1. The lowest BCUT2D eigenvalue weighted by molar-refractivity contribution is 0.102. The fraction of sp³-hybridized carbons (Fsp3) is 0.0909. The average molecular weight is 328 g/mol. The molecular formula is C11H9IN2O2. The maximum absolute atomic E-state index is 11.7.